The second-order valence-corrected chi connectivity index (χ2v) is 8.73. The van der Waals surface area contributed by atoms with Crippen molar-refractivity contribution in [2.45, 2.75) is 44.9 Å². The zero-order valence-electron chi connectivity index (χ0n) is 18.3. The summed E-state index contributed by atoms with van der Waals surface area (Å²) in [6.45, 7) is 6.70. The van der Waals surface area contributed by atoms with Gasteiger partial charge in [0.2, 0.25) is 0 Å². The summed E-state index contributed by atoms with van der Waals surface area (Å²) in [5.74, 6) is 2.29. The van der Waals surface area contributed by atoms with Crippen LogP contribution in [0.3, 0.4) is 0 Å². The van der Waals surface area contributed by atoms with E-state index in [9.17, 15) is 4.79 Å². The number of carbonyl (C=O) groups is 1. The molecule has 1 N–H and O–H groups in total. The molecule has 0 aromatic heterocycles. The number of aryl methyl sites for hydroxylation is 1. The maximum Gasteiger partial charge on any atom is 0.163 e. The van der Waals surface area contributed by atoms with E-state index in [1.807, 2.05) is 0 Å². The minimum atomic E-state index is 0.287. The number of benzene rings is 2. The number of nitrogens with zero attached hydrogens (tertiary/aromatic N) is 1. The van der Waals surface area contributed by atoms with Gasteiger partial charge in [-0.1, -0.05) is 25.1 Å². The Bertz CT molecular complexity index is 862. The van der Waals surface area contributed by atoms with Crippen LogP contribution in [0.1, 0.15) is 60.0 Å². The molecule has 160 valence electrons. The van der Waals surface area contributed by atoms with E-state index in [1.165, 1.54) is 36.9 Å². The number of anilines is 1. The van der Waals surface area contributed by atoms with E-state index < -0.39 is 0 Å². The van der Waals surface area contributed by atoms with Gasteiger partial charge in [0.1, 0.15) is 5.75 Å². The van der Waals surface area contributed by atoms with Crippen molar-refractivity contribution in [2.75, 3.05) is 38.6 Å². The summed E-state index contributed by atoms with van der Waals surface area (Å²) in [4.78, 5) is 14.7. The summed E-state index contributed by atoms with van der Waals surface area (Å²) in [6, 6.07) is 15.0. The van der Waals surface area contributed by atoms with Crippen molar-refractivity contribution < 1.29 is 9.53 Å². The molecule has 0 saturated carbocycles. The first-order valence-electron chi connectivity index (χ1n) is 11.4. The molecule has 4 nitrogen and oxygen atoms in total. The van der Waals surface area contributed by atoms with Crippen molar-refractivity contribution in [2.24, 2.45) is 5.92 Å². The van der Waals surface area contributed by atoms with Gasteiger partial charge in [0.15, 0.2) is 5.78 Å². The van der Waals surface area contributed by atoms with E-state index >= 15 is 0 Å². The second kappa shape index (κ2) is 9.65. The third-order valence-electron chi connectivity index (χ3n) is 6.83. The molecule has 4 heteroatoms. The normalized spacial score (nSPS) is 21.9. The Morgan fingerprint density at radius 2 is 1.87 bits per heavy atom. The van der Waals surface area contributed by atoms with Crippen molar-refractivity contribution in [3.63, 3.8) is 0 Å². The average molecular weight is 407 g/mol. The molecule has 4 rings (SSSR count). The van der Waals surface area contributed by atoms with Crippen LogP contribution in [0.2, 0.25) is 0 Å². The molecule has 1 heterocycles. The smallest absolute Gasteiger partial charge is 0.163 e. The highest BCUT2D eigenvalue weighted by Crippen LogP contribution is 2.35. The molecule has 2 atom stereocenters. The van der Waals surface area contributed by atoms with Gasteiger partial charge in [-0.2, -0.15) is 0 Å². The molecule has 0 unspecified atom stereocenters. The van der Waals surface area contributed by atoms with Crippen LogP contribution in [0.15, 0.2) is 42.5 Å². The number of carbonyl (C=O) groups excluding carboxylic acids is 1. The number of hydrogen-bond donors (Lipinski definition) is 1. The van der Waals surface area contributed by atoms with Crippen molar-refractivity contribution in [3.8, 4) is 5.75 Å². The van der Waals surface area contributed by atoms with Gasteiger partial charge >= 0.3 is 0 Å². The third kappa shape index (κ3) is 4.70. The van der Waals surface area contributed by atoms with E-state index in [2.05, 4.69) is 59.6 Å². The fourth-order valence-electron chi connectivity index (χ4n) is 5.09. The molecule has 1 fully saturated rings. The first-order valence-corrected chi connectivity index (χ1v) is 11.4. The molecular formula is C26H34N2O2. The van der Waals surface area contributed by atoms with Crippen LogP contribution in [0.4, 0.5) is 5.69 Å². The summed E-state index contributed by atoms with van der Waals surface area (Å²) >= 11 is 0. The van der Waals surface area contributed by atoms with Crippen LogP contribution in [0, 0.1) is 5.92 Å². The van der Waals surface area contributed by atoms with Gasteiger partial charge in [-0.3, -0.25) is 4.79 Å². The molecule has 1 aliphatic heterocycles. The van der Waals surface area contributed by atoms with Crippen LogP contribution in [0.25, 0.3) is 0 Å². The number of likely N-dealkylation sites (tertiary alicyclic amines) is 1. The fourth-order valence-corrected chi connectivity index (χ4v) is 5.09. The minimum absolute atomic E-state index is 0.287. The SMILES string of the molecule is CCCN1CC[C@H](CNc2ccc3c(c2)C(=O)CC3)[C@@H](c2ccc(OC)cc2)CC1. The Morgan fingerprint density at radius 1 is 1.07 bits per heavy atom. The Balaban J connectivity index is 1.49. The Labute approximate surface area is 180 Å². The first-order chi connectivity index (χ1) is 14.7. The van der Waals surface area contributed by atoms with Crippen LogP contribution in [-0.4, -0.2) is 44.0 Å². The summed E-state index contributed by atoms with van der Waals surface area (Å²) in [5.41, 5.74) is 4.60. The van der Waals surface area contributed by atoms with E-state index in [4.69, 9.17) is 4.74 Å². The molecule has 2 aromatic carbocycles. The minimum Gasteiger partial charge on any atom is -0.497 e. The second-order valence-electron chi connectivity index (χ2n) is 8.73. The lowest BCUT2D eigenvalue weighted by molar-refractivity contribution is 0.0994. The highest BCUT2D eigenvalue weighted by atomic mass is 16.5. The third-order valence-corrected chi connectivity index (χ3v) is 6.83. The number of ketones is 1. The number of fused-ring (bicyclic) bond motifs is 1. The molecule has 2 aliphatic rings. The topological polar surface area (TPSA) is 41.6 Å². The van der Waals surface area contributed by atoms with Crippen molar-refractivity contribution in [1.29, 1.82) is 0 Å². The molecular weight excluding hydrogens is 372 g/mol. The largest absolute Gasteiger partial charge is 0.497 e. The van der Waals surface area contributed by atoms with Gasteiger partial charge < -0.3 is 15.0 Å². The van der Waals surface area contributed by atoms with Gasteiger partial charge in [0.25, 0.3) is 0 Å². The number of hydrogen-bond acceptors (Lipinski definition) is 4. The van der Waals surface area contributed by atoms with E-state index in [0.717, 1.165) is 43.1 Å². The van der Waals surface area contributed by atoms with Gasteiger partial charge in [-0.15, -0.1) is 0 Å². The number of ether oxygens (including phenoxy) is 1. The van der Waals surface area contributed by atoms with Crippen molar-refractivity contribution in [3.05, 3.63) is 59.2 Å². The zero-order chi connectivity index (χ0) is 20.9. The van der Waals surface area contributed by atoms with E-state index in [0.29, 0.717) is 18.3 Å². The molecule has 0 amide bonds. The highest BCUT2D eigenvalue weighted by molar-refractivity contribution is 6.01. The molecule has 0 bridgehead atoms. The lowest BCUT2D eigenvalue weighted by Crippen LogP contribution is -2.26. The summed E-state index contributed by atoms with van der Waals surface area (Å²) in [6.07, 6.45) is 5.13. The lowest BCUT2D eigenvalue weighted by atomic mass is 9.82. The summed E-state index contributed by atoms with van der Waals surface area (Å²) < 4.78 is 5.36. The Morgan fingerprint density at radius 3 is 2.63 bits per heavy atom. The van der Waals surface area contributed by atoms with Crippen molar-refractivity contribution >= 4 is 11.5 Å². The van der Waals surface area contributed by atoms with Crippen LogP contribution in [-0.2, 0) is 6.42 Å². The summed E-state index contributed by atoms with van der Waals surface area (Å²) in [7, 11) is 1.72. The Hall–Kier alpha value is -2.33. The first kappa shape index (κ1) is 20.9. The monoisotopic (exact) mass is 406 g/mol. The van der Waals surface area contributed by atoms with Gasteiger partial charge in [0.05, 0.1) is 7.11 Å². The number of Topliss-reactive ketones (excluding diaryl/α,β-unsaturated/α-hetero) is 1. The Kier molecular flexibility index (Phi) is 6.73. The molecule has 0 spiro atoms. The number of nitrogens with one attached hydrogen (secondary N) is 1. The van der Waals surface area contributed by atoms with Crippen molar-refractivity contribution in [1.82, 2.24) is 4.90 Å². The number of methoxy groups -OCH3 is 1. The maximum atomic E-state index is 12.1. The molecule has 1 aliphatic carbocycles. The number of rotatable bonds is 7. The van der Waals surface area contributed by atoms with Gasteiger partial charge in [-0.25, -0.2) is 0 Å². The average Bonchev–Trinajstić information content (AvgIpc) is 3.02. The quantitative estimate of drug-likeness (QED) is 0.691. The van der Waals surface area contributed by atoms with Gasteiger partial charge in [0, 0.05) is 24.2 Å². The molecule has 0 radical (unpaired) electrons. The van der Waals surface area contributed by atoms with Crippen LogP contribution >= 0.6 is 0 Å². The maximum absolute atomic E-state index is 12.1. The van der Waals surface area contributed by atoms with Crippen LogP contribution < -0.4 is 10.1 Å². The zero-order valence-corrected chi connectivity index (χ0v) is 18.3. The van der Waals surface area contributed by atoms with E-state index in [1.54, 1.807) is 7.11 Å². The standard InChI is InChI=1S/C26H34N2O2/c1-3-14-28-15-12-21(24(13-16-28)19-5-9-23(30-2)10-6-19)18-27-22-8-4-20-7-11-26(29)25(20)17-22/h4-6,8-10,17,21,24,27H,3,7,11-16,18H2,1-2H3/t21-,24-/m1/s1. The molecule has 30 heavy (non-hydrogen) atoms. The van der Waals surface area contributed by atoms with E-state index in [-0.39, 0.29) is 5.78 Å². The van der Waals surface area contributed by atoms with Gasteiger partial charge in [-0.05, 0) is 92.5 Å². The fraction of sp³-hybridized carbons (Fsp3) is 0.500. The summed E-state index contributed by atoms with van der Waals surface area (Å²) in [5, 5.41) is 3.67. The highest BCUT2D eigenvalue weighted by Gasteiger charge is 2.28. The molecule has 1 saturated heterocycles. The predicted octanol–water partition coefficient (Wildman–Crippen LogP) is 5.14. The van der Waals surface area contributed by atoms with Crippen LogP contribution in [0.5, 0.6) is 5.75 Å². The molecule has 2 aromatic rings. The lowest BCUT2D eigenvalue weighted by Gasteiger charge is -2.26. The predicted molar refractivity (Wildman–Crippen MR) is 123 cm³/mol.